The smallest absolute Gasteiger partial charge is 0.372 e. The van der Waals surface area contributed by atoms with Gasteiger partial charge in [-0.1, -0.05) is 12.1 Å². The van der Waals surface area contributed by atoms with Crippen LogP contribution in [0.5, 0.6) is 0 Å². The lowest BCUT2D eigenvalue weighted by Gasteiger charge is -2.14. The average Bonchev–Trinajstić information content (AvgIpc) is 2.87. The van der Waals surface area contributed by atoms with Crippen LogP contribution in [0.15, 0.2) is 34.9 Å². The SMILES string of the molecule is Cc1ccc(C(C)NCc2ccoc2C(=O)O)cc1F. The van der Waals surface area contributed by atoms with Gasteiger partial charge in [0.1, 0.15) is 5.82 Å². The number of rotatable bonds is 5. The van der Waals surface area contributed by atoms with Crippen molar-refractivity contribution in [2.75, 3.05) is 0 Å². The molecule has 0 amide bonds. The summed E-state index contributed by atoms with van der Waals surface area (Å²) in [4.78, 5) is 10.9. The zero-order valence-electron chi connectivity index (χ0n) is 11.3. The van der Waals surface area contributed by atoms with Gasteiger partial charge in [0.15, 0.2) is 0 Å². The van der Waals surface area contributed by atoms with E-state index in [1.165, 1.54) is 12.3 Å². The molecule has 1 aromatic heterocycles. The first-order valence-corrected chi connectivity index (χ1v) is 6.28. The molecule has 5 heteroatoms. The number of carboxylic acids is 1. The van der Waals surface area contributed by atoms with Crippen LogP contribution in [0.2, 0.25) is 0 Å². The normalized spacial score (nSPS) is 12.3. The minimum absolute atomic E-state index is 0.0696. The zero-order valence-corrected chi connectivity index (χ0v) is 11.3. The van der Waals surface area contributed by atoms with Crippen LogP contribution in [0.1, 0.15) is 40.2 Å². The molecule has 1 heterocycles. The highest BCUT2D eigenvalue weighted by molar-refractivity contribution is 5.86. The molecule has 2 rings (SSSR count). The summed E-state index contributed by atoms with van der Waals surface area (Å²) in [5.74, 6) is -1.41. The number of benzene rings is 1. The first-order valence-electron chi connectivity index (χ1n) is 6.28. The van der Waals surface area contributed by atoms with Gasteiger partial charge < -0.3 is 14.8 Å². The van der Waals surface area contributed by atoms with E-state index in [0.29, 0.717) is 17.7 Å². The summed E-state index contributed by atoms with van der Waals surface area (Å²) >= 11 is 0. The first kappa shape index (κ1) is 14.3. The lowest BCUT2D eigenvalue weighted by atomic mass is 10.1. The van der Waals surface area contributed by atoms with E-state index < -0.39 is 5.97 Å². The summed E-state index contributed by atoms with van der Waals surface area (Å²) in [5.41, 5.74) is 1.98. The van der Waals surface area contributed by atoms with E-state index in [1.54, 1.807) is 19.1 Å². The second kappa shape index (κ2) is 5.88. The zero-order chi connectivity index (χ0) is 14.7. The van der Waals surface area contributed by atoms with Crippen molar-refractivity contribution in [2.45, 2.75) is 26.4 Å². The van der Waals surface area contributed by atoms with E-state index in [2.05, 4.69) is 5.32 Å². The van der Waals surface area contributed by atoms with Crippen molar-refractivity contribution in [2.24, 2.45) is 0 Å². The Hall–Kier alpha value is -2.14. The standard InChI is InChI=1S/C15H16FNO3/c1-9-3-4-11(7-13(9)16)10(2)17-8-12-5-6-20-14(12)15(18)19/h3-7,10,17H,8H2,1-2H3,(H,18,19). The number of nitrogens with one attached hydrogen (secondary N) is 1. The molecule has 2 N–H and O–H groups in total. The van der Waals surface area contributed by atoms with Crippen molar-refractivity contribution < 1.29 is 18.7 Å². The molecule has 0 aliphatic carbocycles. The molecule has 2 aromatic rings. The van der Waals surface area contributed by atoms with Crippen LogP contribution in [-0.4, -0.2) is 11.1 Å². The predicted molar refractivity (Wildman–Crippen MR) is 72.1 cm³/mol. The maximum absolute atomic E-state index is 13.5. The Morgan fingerprint density at radius 1 is 1.45 bits per heavy atom. The topological polar surface area (TPSA) is 62.5 Å². The molecule has 1 unspecified atom stereocenters. The minimum Gasteiger partial charge on any atom is -0.475 e. The average molecular weight is 277 g/mol. The second-order valence-electron chi connectivity index (χ2n) is 4.69. The van der Waals surface area contributed by atoms with Crippen molar-refractivity contribution in [1.29, 1.82) is 0 Å². The van der Waals surface area contributed by atoms with E-state index in [9.17, 15) is 9.18 Å². The highest BCUT2D eigenvalue weighted by atomic mass is 19.1. The van der Waals surface area contributed by atoms with Gasteiger partial charge in [-0.3, -0.25) is 0 Å². The van der Waals surface area contributed by atoms with Gasteiger partial charge in [0, 0.05) is 18.2 Å². The van der Waals surface area contributed by atoms with E-state index in [1.807, 2.05) is 13.0 Å². The molecule has 4 nitrogen and oxygen atoms in total. The molecular weight excluding hydrogens is 261 g/mol. The van der Waals surface area contributed by atoms with E-state index in [4.69, 9.17) is 9.52 Å². The fraction of sp³-hybridized carbons (Fsp3) is 0.267. The van der Waals surface area contributed by atoms with Crippen molar-refractivity contribution in [1.82, 2.24) is 5.32 Å². The van der Waals surface area contributed by atoms with Gasteiger partial charge in [0.05, 0.1) is 6.26 Å². The van der Waals surface area contributed by atoms with Gasteiger partial charge in [-0.2, -0.15) is 0 Å². The Morgan fingerprint density at radius 3 is 2.85 bits per heavy atom. The molecule has 0 bridgehead atoms. The first-order chi connectivity index (χ1) is 9.49. The molecule has 0 fully saturated rings. The van der Waals surface area contributed by atoms with Crippen LogP contribution in [0.25, 0.3) is 0 Å². The summed E-state index contributed by atoms with van der Waals surface area (Å²) in [7, 11) is 0. The largest absolute Gasteiger partial charge is 0.475 e. The molecule has 1 aromatic carbocycles. The Balaban J connectivity index is 2.04. The molecule has 0 spiro atoms. The third-order valence-corrected chi connectivity index (χ3v) is 3.24. The van der Waals surface area contributed by atoms with Crippen molar-refractivity contribution in [3.8, 4) is 0 Å². The number of carbonyl (C=O) groups is 1. The molecule has 0 radical (unpaired) electrons. The number of hydrogen-bond acceptors (Lipinski definition) is 3. The molecule has 0 aliphatic rings. The summed E-state index contributed by atoms with van der Waals surface area (Å²) in [5, 5.41) is 12.1. The highest BCUT2D eigenvalue weighted by Crippen LogP contribution is 2.18. The van der Waals surface area contributed by atoms with E-state index in [-0.39, 0.29) is 17.6 Å². The predicted octanol–water partition coefficient (Wildman–Crippen LogP) is 3.28. The Kier molecular flexibility index (Phi) is 4.20. The highest BCUT2D eigenvalue weighted by Gasteiger charge is 2.15. The van der Waals surface area contributed by atoms with Crippen molar-refractivity contribution >= 4 is 5.97 Å². The second-order valence-corrected chi connectivity index (χ2v) is 4.69. The maximum Gasteiger partial charge on any atom is 0.372 e. The minimum atomic E-state index is -1.10. The molecule has 106 valence electrons. The number of hydrogen-bond donors (Lipinski definition) is 2. The molecule has 0 aliphatic heterocycles. The fourth-order valence-electron chi connectivity index (χ4n) is 1.92. The van der Waals surface area contributed by atoms with Crippen LogP contribution in [0, 0.1) is 12.7 Å². The summed E-state index contributed by atoms with van der Waals surface area (Å²) < 4.78 is 18.4. The third-order valence-electron chi connectivity index (χ3n) is 3.24. The number of halogens is 1. The Morgan fingerprint density at radius 2 is 2.20 bits per heavy atom. The number of furan rings is 1. The molecule has 0 saturated heterocycles. The lowest BCUT2D eigenvalue weighted by Crippen LogP contribution is -2.19. The van der Waals surface area contributed by atoms with Gasteiger partial charge in [0.2, 0.25) is 5.76 Å². The van der Waals surface area contributed by atoms with E-state index in [0.717, 1.165) is 5.56 Å². The summed E-state index contributed by atoms with van der Waals surface area (Å²) in [6.07, 6.45) is 1.34. The number of carboxylic acid groups (broad SMARTS) is 1. The van der Waals surface area contributed by atoms with Crippen molar-refractivity contribution in [3.63, 3.8) is 0 Å². The van der Waals surface area contributed by atoms with Gasteiger partial charge >= 0.3 is 5.97 Å². The van der Waals surface area contributed by atoms with Gasteiger partial charge in [-0.15, -0.1) is 0 Å². The van der Waals surface area contributed by atoms with Crippen LogP contribution in [0.4, 0.5) is 4.39 Å². The van der Waals surface area contributed by atoms with Crippen LogP contribution in [0.3, 0.4) is 0 Å². The number of aryl methyl sites for hydroxylation is 1. The molecule has 1 atom stereocenters. The Bertz CT molecular complexity index is 621. The van der Waals surface area contributed by atoms with Crippen molar-refractivity contribution in [3.05, 3.63) is 58.8 Å². The summed E-state index contributed by atoms with van der Waals surface area (Å²) in [6.45, 7) is 3.95. The quantitative estimate of drug-likeness (QED) is 0.880. The molecule has 20 heavy (non-hydrogen) atoms. The van der Waals surface area contributed by atoms with Crippen LogP contribution in [-0.2, 0) is 6.54 Å². The van der Waals surface area contributed by atoms with Gasteiger partial charge in [0.25, 0.3) is 0 Å². The molecule has 0 saturated carbocycles. The van der Waals surface area contributed by atoms with Gasteiger partial charge in [-0.05, 0) is 37.1 Å². The van der Waals surface area contributed by atoms with Gasteiger partial charge in [-0.25, -0.2) is 9.18 Å². The summed E-state index contributed by atoms with van der Waals surface area (Å²) in [6, 6.07) is 6.58. The van der Waals surface area contributed by atoms with E-state index >= 15 is 0 Å². The fourth-order valence-corrected chi connectivity index (χ4v) is 1.92. The maximum atomic E-state index is 13.5. The van der Waals surface area contributed by atoms with Crippen LogP contribution >= 0.6 is 0 Å². The third kappa shape index (κ3) is 3.05. The Labute approximate surface area is 116 Å². The number of aromatic carboxylic acids is 1. The lowest BCUT2D eigenvalue weighted by molar-refractivity contribution is 0.0660. The molecular formula is C15H16FNO3. The van der Waals surface area contributed by atoms with Crippen LogP contribution < -0.4 is 5.32 Å². The monoisotopic (exact) mass is 277 g/mol.